The highest BCUT2D eigenvalue weighted by Gasteiger charge is 2.29. The van der Waals surface area contributed by atoms with Gasteiger partial charge in [-0.15, -0.1) is 0 Å². The van der Waals surface area contributed by atoms with Gasteiger partial charge in [0, 0.05) is 12.6 Å². The van der Waals surface area contributed by atoms with Gasteiger partial charge in [-0.05, 0) is 56.3 Å². The summed E-state index contributed by atoms with van der Waals surface area (Å²) < 4.78 is 14.0. The lowest BCUT2D eigenvalue weighted by Gasteiger charge is -2.18. The third-order valence-electron chi connectivity index (χ3n) is 5.16. The molecule has 27 heavy (non-hydrogen) atoms. The number of carbonyl (C=O) groups is 1. The minimum absolute atomic E-state index is 0.0202. The zero-order chi connectivity index (χ0) is 20.2. The lowest BCUT2D eigenvalue weighted by molar-refractivity contribution is -0.110. The lowest BCUT2D eigenvalue weighted by atomic mass is 10.1. The Bertz CT molecular complexity index is 565. The molecule has 2 N–H and O–H groups in total. The molecular formula is C21H36N2O3S. The van der Waals surface area contributed by atoms with Crippen molar-refractivity contribution >= 4 is 17.3 Å². The van der Waals surface area contributed by atoms with Crippen molar-refractivity contribution in [1.29, 1.82) is 0 Å². The first-order chi connectivity index (χ1) is 13.1. The van der Waals surface area contributed by atoms with E-state index in [-0.39, 0.29) is 12.6 Å². The fourth-order valence-electron chi connectivity index (χ4n) is 3.53. The molecule has 1 aromatic carbocycles. The number of aliphatic hydroxyl groups excluding tert-OH is 1. The molecule has 1 aromatic rings. The molecule has 4 atom stereocenters. The first-order valence-corrected chi connectivity index (χ1v) is 11.2. The zero-order valence-electron chi connectivity index (χ0n) is 17.2. The second-order valence-electron chi connectivity index (χ2n) is 6.84. The predicted molar refractivity (Wildman–Crippen MR) is 112 cm³/mol. The van der Waals surface area contributed by atoms with Crippen LogP contribution in [0.5, 0.6) is 0 Å². The van der Waals surface area contributed by atoms with E-state index in [0.29, 0.717) is 11.4 Å². The number of benzene rings is 1. The molecule has 0 aromatic heterocycles. The highest BCUT2D eigenvalue weighted by molar-refractivity contribution is 7.82. The smallest absolute Gasteiger partial charge is 0.138 e. The van der Waals surface area contributed by atoms with Gasteiger partial charge in [0.2, 0.25) is 0 Å². The topological polar surface area (TPSA) is 69.6 Å². The summed E-state index contributed by atoms with van der Waals surface area (Å²) in [6.07, 6.45) is 6.79. The van der Waals surface area contributed by atoms with Gasteiger partial charge in [-0.25, -0.2) is 8.51 Å². The summed E-state index contributed by atoms with van der Waals surface area (Å²) in [5, 5.41) is 12.2. The predicted octanol–water partition coefficient (Wildman–Crippen LogP) is 3.29. The fraction of sp³-hybridized carbons (Fsp3) is 0.667. The molecule has 0 amide bonds. The average molecular weight is 397 g/mol. The molecule has 154 valence electrons. The maximum absolute atomic E-state index is 12.2. The molecule has 0 spiro atoms. The van der Waals surface area contributed by atoms with Crippen molar-refractivity contribution in [3.05, 3.63) is 29.8 Å². The van der Waals surface area contributed by atoms with Gasteiger partial charge in [0.1, 0.15) is 17.3 Å². The SMILES string of the molecule is CC.CNC1CCCC1C.O=C[C@H]1CCCN1S(=O)c1ccc(CO)cc1. The van der Waals surface area contributed by atoms with E-state index in [1.54, 1.807) is 28.6 Å². The number of carbonyl (C=O) groups excluding carboxylic acids is 1. The van der Waals surface area contributed by atoms with Crippen molar-refractivity contribution in [2.45, 2.75) is 76.5 Å². The minimum atomic E-state index is -1.28. The molecule has 1 aliphatic carbocycles. The van der Waals surface area contributed by atoms with Gasteiger partial charge in [-0.3, -0.25) is 0 Å². The maximum atomic E-state index is 12.2. The molecule has 1 aliphatic heterocycles. The van der Waals surface area contributed by atoms with Crippen molar-refractivity contribution in [1.82, 2.24) is 9.62 Å². The van der Waals surface area contributed by atoms with E-state index in [0.717, 1.165) is 36.7 Å². The Morgan fingerprint density at radius 1 is 1.19 bits per heavy atom. The van der Waals surface area contributed by atoms with Gasteiger partial charge in [-0.1, -0.05) is 39.3 Å². The Balaban J connectivity index is 0.000000305. The summed E-state index contributed by atoms with van der Waals surface area (Å²) in [6, 6.07) is 7.56. The Hall–Kier alpha value is -1.08. The third-order valence-corrected chi connectivity index (χ3v) is 6.71. The van der Waals surface area contributed by atoms with E-state index in [9.17, 15) is 9.00 Å². The van der Waals surface area contributed by atoms with E-state index >= 15 is 0 Å². The number of nitrogens with one attached hydrogen (secondary N) is 1. The summed E-state index contributed by atoms with van der Waals surface area (Å²) in [7, 11) is 0.783. The number of aliphatic hydroxyl groups is 1. The van der Waals surface area contributed by atoms with Gasteiger partial charge < -0.3 is 15.2 Å². The monoisotopic (exact) mass is 396 g/mol. The quantitative estimate of drug-likeness (QED) is 0.750. The van der Waals surface area contributed by atoms with Crippen LogP contribution in [-0.2, 0) is 22.4 Å². The van der Waals surface area contributed by atoms with Crippen LogP contribution in [-0.4, -0.2) is 45.6 Å². The van der Waals surface area contributed by atoms with Gasteiger partial charge in [-0.2, -0.15) is 0 Å². The van der Waals surface area contributed by atoms with E-state index in [1.807, 2.05) is 13.8 Å². The van der Waals surface area contributed by atoms with Gasteiger partial charge in [0.25, 0.3) is 0 Å². The summed E-state index contributed by atoms with van der Waals surface area (Å²) in [5.74, 6) is 0.917. The van der Waals surface area contributed by atoms with E-state index in [2.05, 4.69) is 19.3 Å². The molecule has 1 saturated carbocycles. The molecule has 1 saturated heterocycles. The molecule has 1 heterocycles. The molecule has 2 aliphatic rings. The Morgan fingerprint density at radius 3 is 2.30 bits per heavy atom. The Morgan fingerprint density at radius 2 is 1.85 bits per heavy atom. The van der Waals surface area contributed by atoms with Crippen LogP contribution < -0.4 is 5.32 Å². The molecule has 0 radical (unpaired) electrons. The minimum Gasteiger partial charge on any atom is -0.392 e. The van der Waals surface area contributed by atoms with Gasteiger partial charge in [0.05, 0.1) is 17.5 Å². The molecule has 6 heteroatoms. The number of hydrogen-bond donors (Lipinski definition) is 2. The summed E-state index contributed by atoms with van der Waals surface area (Å²) in [6.45, 7) is 7.00. The van der Waals surface area contributed by atoms with Crippen LogP contribution in [0.3, 0.4) is 0 Å². The second kappa shape index (κ2) is 13.2. The zero-order valence-corrected chi connectivity index (χ0v) is 18.0. The van der Waals surface area contributed by atoms with Crippen LogP contribution in [0.25, 0.3) is 0 Å². The maximum Gasteiger partial charge on any atom is 0.138 e. The molecule has 0 bridgehead atoms. The Kier molecular flexibility index (Phi) is 11.7. The van der Waals surface area contributed by atoms with Crippen LogP contribution in [0.15, 0.2) is 29.2 Å². The van der Waals surface area contributed by atoms with Crippen LogP contribution in [0, 0.1) is 5.92 Å². The van der Waals surface area contributed by atoms with Crippen LogP contribution in [0.1, 0.15) is 58.4 Å². The first kappa shape index (κ1) is 24.0. The van der Waals surface area contributed by atoms with Crippen LogP contribution in [0.2, 0.25) is 0 Å². The number of hydrogen-bond acceptors (Lipinski definition) is 4. The van der Waals surface area contributed by atoms with Crippen molar-refractivity contribution < 1.29 is 14.1 Å². The summed E-state index contributed by atoms with van der Waals surface area (Å²) in [4.78, 5) is 11.5. The fourth-order valence-corrected chi connectivity index (χ4v) is 4.86. The standard InChI is InChI=1S/C12H15NO3S.C7H15N.C2H6/c14-8-10-3-5-12(6-4-10)17(16)13-7-1-2-11(13)9-15;1-6-4-3-5-7(6)8-2;1-2/h3-6,9,11,14H,1-2,7-8H2;6-8H,3-5H2,1-2H3;1-2H3/t11-,17?;;/m1../s1. The lowest BCUT2D eigenvalue weighted by Crippen LogP contribution is -2.32. The molecule has 3 rings (SSSR count). The van der Waals surface area contributed by atoms with E-state index in [1.165, 1.54) is 19.3 Å². The Labute approximate surface area is 167 Å². The normalized spacial score (nSPS) is 25.7. The summed E-state index contributed by atoms with van der Waals surface area (Å²) in [5.41, 5.74) is 0.791. The number of aldehydes is 1. The van der Waals surface area contributed by atoms with Gasteiger partial charge >= 0.3 is 0 Å². The first-order valence-electron chi connectivity index (χ1n) is 10.1. The van der Waals surface area contributed by atoms with E-state index in [4.69, 9.17) is 5.11 Å². The molecular weight excluding hydrogens is 360 g/mol. The molecule has 5 nitrogen and oxygen atoms in total. The van der Waals surface area contributed by atoms with Crippen molar-refractivity contribution in [2.75, 3.05) is 13.6 Å². The van der Waals surface area contributed by atoms with Crippen LogP contribution in [0.4, 0.5) is 0 Å². The van der Waals surface area contributed by atoms with Crippen molar-refractivity contribution in [3.8, 4) is 0 Å². The highest BCUT2D eigenvalue weighted by Crippen LogP contribution is 2.24. The molecule has 3 unspecified atom stereocenters. The third kappa shape index (κ3) is 7.11. The van der Waals surface area contributed by atoms with Gasteiger partial charge in [0.15, 0.2) is 0 Å². The highest BCUT2D eigenvalue weighted by atomic mass is 32.2. The van der Waals surface area contributed by atoms with Crippen LogP contribution >= 0.6 is 0 Å². The summed E-state index contributed by atoms with van der Waals surface area (Å²) >= 11 is 0. The second-order valence-corrected chi connectivity index (χ2v) is 8.28. The largest absolute Gasteiger partial charge is 0.392 e. The van der Waals surface area contributed by atoms with Crippen molar-refractivity contribution in [3.63, 3.8) is 0 Å². The van der Waals surface area contributed by atoms with Crippen molar-refractivity contribution in [2.24, 2.45) is 5.92 Å². The average Bonchev–Trinajstić information content (AvgIpc) is 3.37. The number of nitrogens with zero attached hydrogens (tertiary/aromatic N) is 1. The number of rotatable bonds is 5. The van der Waals surface area contributed by atoms with E-state index < -0.39 is 11.0 Å². The molecule has 2 fully saturated rings.